The lowest BCUT2D eigenvalue weighted by Crippen LogP contribution is -2.16. The van der Waals surface area contributed by atoms with E-state index in [-0.39, 0.29) is 23.6 Å². The molecule has 1 heterocycles. The first kappa shape index (κ1) is 13.4. The van der Waals surface area contributed by atoms with E-state index in [1.165, 1.54) is 6.08 Å². The number of anilines is 1. The van der Waals surface area contributed by atoms with Crippen molar-refractivity contribution < 1.29 is 24.2 Å². The smallest absolute Gasteiger partial charge is 0.413 e. The molecule has 1 aromatic rings. The van der Waals surface area contributed by atoms with Crippen molar-refractivity contribution in [3.05, 3.63) is 36.0 Å². The first-order chi connectivity index (χ1) is 8.58. The van der Waals surface area contributed by atoms with E-state index in [0.29, 0.717) is 6.29 Å². The Morgan fingerprint density at radius 1 is 1.56 bits per heavy atom. The van der Waals surface area contributed by atoms with Gasteiger partial charge in [-0.2, -0.15) is 0 Å². The Morgan fingerprint density at radius 3 is 2.83 bits per heavy atom. The minimum Gasteiger partial charge on any atom is -0.478 e. The van der Waals surface area contributed by atoms with E-state index < -0.39 is 12.1 Å². The lowest BCUT2D eigenvalue weighted by Gasteiger charge is -2.06. The van der Waals surface area contributed by atoms with Crippen molar-refractivity contribution >= 4 is 24.2 Å². The largest absolute Gasteiger partial charge is 0.478 e. The van der Waals surface area contributed by atoms with Crippen LogP contribution in [0.5, 0.6) is 0 Å². The monoisotopic (exact) mass is 250 g/mol. The van der Waals surface area contributed by atoms with Crippen LogP contribution in [0.4, 0.5) is 10.6 Å². The van der Waals surface area contributed by atoms with Crippen molar-refractivity contribution in [1.82, 2.24) is 4.98 Å². The average molecular weight is 250 g/mol. The molecule has 2 N–H and O–H groups in total. The molecule has 7 heteroatoms. The van der Waals surface area contributed by atoms with Crippen LogP contribution in [0.15, 0.2) is 24.9 Å². The van der Waals surface area contributed by atoms with Crippen LogP contribution in [0.3, 0.4) is 0 Å². The van der Waals surface area contributed by atoms with Gasteiger partial charge in [-0.05, 0) is 6.07 Å². The van der Waals surface area contributed by atoms with E-state index >= 15 is 0 Å². The SMILES string of the molecule is C=CCOC(=O)Nc1ncc(C(=O)O)cc1C=O. The molecule has 0 saturated carbocycles. The molecule has 1 aromatic heterocycles. The second kappa shape index (κ2) is 6.14. The molecule has 1 rings (SSSR count). The Hall–Kier alpha value is -2.70. The Bertz CT molecular complexity index is 498. The maximum atomic E-state index is 11.2. The molecule has 0 aromatic carbocycles. The quantitative estimate of drug-likeness (QED) is 0.603. The summed E-state index contributed by atoms with van der Waals surface area (Å²) < 4.78 is 4.63. The van der Waals surface area contributed by atoms with Crippen molar-refractivity contribution in [3.63, 3.8) is 0 Å². The minimum atomic E-state index is -1.22. The topological polar surface area (TPSA) is 106 Å². The normalized spacial score (nSPS) is 9.33. The number of hydrogen-bond donors (Lipinski definition) is 2. The molecule has 0 radical (unpaired) electrons. The molecule has 0 aliphatic rings. The number of ether oxygens (including phenoxy) is 1. The molecular weight excluding hydrogens is 240 g/mol. The summed E-state index contributed by atoms with van der Waals surface area (Å²) in [5.41, 5.74) is -0.201. The Kier molecular flexibility index (Phi) is 4.56. The van der Waals surface area contributed by atoms with E-state index in [1.807, 2.05) is 0 Å². The van der Waals surface area contributed by atoms with Gasteiger partial charge in [0.15, 0.2) is 6.29 Å². The summed E-state index contributed by atoms with van der Waals surface area (Å²) in [6, 6.07) is 1.10. The van der Waals surface area contributed by atoms with Gasteiger partial charge in [0.2, 0.25) is 0 Å². The molecule has 18 heavy (non-hydrogen) atoms. The number of carbonyl (C=O) groups excluding carboxylic acids is 2. The van der Waals surface area contributed by atoms with Gasteiger partial charge in [-0.15, -0.1) is 0 Å². The van der Waals surface area contributed by atoms with Crippen LogP contribution >= 0.6 is 0 Å². The fraction of sp³-hybridized carbons (Fsp3) is 0.0909. The van der Waals surface area contributed by atoms with Gasteiger partial charge < -0.3 is 9.84 Å². The number of hydrogen-bond acceptors (Lipinski definition) is 5. The number of pyridine rings is 1. The predicted molar refractivity (Wildman–Crippen MR) is 61.8 cm³/mol. The molecule has 0 aliphatic carbocycles. The van der Waals surface area contributed by atoms with Crippen LogP contribution in [0.1, 0.15) is 20.7 Å². The molecule has 0 aliphatic heterocycles. The van der Waals surface area contributed by atoms with Crippen LogP contribution in [-0.2, 0) is 4.74 Å². The number of amides is 1. The second-order valence-corrected chi connectivity index (χ2v) is 3.10. The summed E-state index contributed by atoms with van der Waals surface area (Å²) in [6.07, 6.45) is 1.98. The summed E-state index contributed by atoms with van der Waals surface area (Å²) in [6.45, 7) is 3.37. The molecule has 0 saturated heterocycles. The van der Waals surface area contributed by atoms with Gasteiger partial charge in [-0.1, -0.05) is 12.7 Å². The Balaban J connectivity index is 2.89. The molecule has 0 unspecified atom stereocenters. The summed E-state index contributed by atoms with van der Waals surface area (Å²) in [5.74, 6) is -1.28. The van der Waals surface area contributed by atoms with E-state index in [2.05, 4.69) is 21.6 Å². The molecule has 0 atom stereocenters. The highest BCUT2D eigenvalue weighted by molar-refractivity contribution is 5.95. The summed E-state index contributed by atoms with van der Waals surface area (Å²) >= 11 is 0. The molecule has 0 spiro atoms. The highest BCUT2D eigenvalue weighted by Gasteiger charge is 2.12. The maximum absolute atomic E-state index is 11.2. The third kappa shape index (κ3) is 3.41. The van der Waals surface area contributed by atoms with Crippen LogP contribution in [0.25, 0.3) is 0 Å². The molecule has 94 valence electrons. The van der Waals surface area contributed by atoms with Gasteiger partial charge in [0.1, 0.15) is 12.4 Å². The number of carbonyl (C=O) groups is 3. The fourth-order valence-corrected chi connectivity index (χ4v) is 1.06. The van der Waals surface area contributed by atoms with Gasteiger partial charge in [-0.25, -0.2) is 14.6 Å². The predicted octanol–water partition coefficient (Wildman–Crippen LogP) is 1.33. The van der Waals surface area contributed by atoms with E-state index in [1.54, 1.807) is 0 Å². The number of nitrogens with zero attached hydrogens (tertiary/aromatic N) is 1. The fourth-order valence-electron chi connectivity index (χ4n) is 1.06. The van der Waals surface area contributed by atoms with E-state index in [4.69, 9.17) is 5.11 Å². The zero-order valence-corrected chi connectivity index (χ0v) is 9.25. The summed E-state index contributed by atoms with van der Waals surface area (Å²) in [4.78, 5) is 36.3. The summed E-state index contributed by atoms with van der Waals surface area (Å²) in [5, 5.41) is 10.9. The highest BCUT2D eigenvalue weighted by atomic mass is 16.5. The number of aromatic nitrogens is 1. The number of aromatic carboxylic acids is 1. The zero-order chi connectivity index (χ0) is 13.5. The minimum absolute atomic E-state index is 0.00939. The first-order valence-electron chi connectivity index (χ1n) is 4.81. The van der Waals surface area contributed by atoms with Crippen molar-refractivity contribution in [2.75, 3.05) is 11.9 Å². The van der Waals surface area contributed by atoms with Crippen molar-refractivity contribution in [2.45, 2.75) is 0 Å². The van der Waals surface area contributed by atoms with Crippen LogP contribution in [0, 0.1) is 0 Å². The van der Waals surface area contributed by atoms with Gasteiger partial charge in [0.25, 0.3) is 0 Å². The van der Waals surface area contributed by atoms with Gasteiger partial charge in [0.05, 0.1) is 11.1 Å². The summed E-state index contributed by atoms with van der Waals surface area (Å²) in [7, 11) is 0. The van der Waals surface area contributed by atoms with Crippen LogP contribution in [-0.4, -0.2) is 35.0 Å². The number of aldehydes is 1. The first-order valence-corrected chi connectivity index (χ1v) is 4.81. The van der Waals surface area contributed by atoms with Crippen LogP contribution < -0.4 is 5.32 Å². The number of rotatable bonds is 5. The Morgan fingerprint density at radius 2 is 2.28 bits per heavy atom. The van der Waals surface area contributed by atoms with Crippen LogP contribution in [0.2, 0.25) is 0 Å². The van der Waals surface area contributed by atoms with E-state index in [0.717, 1.165) is 12.3 Å². The van der Waals surface area contributed by atoms with Gasteiger partial charge in [0, 0.05) is 6.20 Å². The molecule has 1 amide bonds. The third-order valence-corrected chi connectivity index (χ3v) is 1.84. The van der Waals surface area contributed by atoms with Crippen molar-refractivity contribution in [2.24, 2.45) is 0 Å². The molecule has 7 nitrogen and oxygen atoms in total. The molecule has 0 bridgehead atoms. The number of carboxylic acids is 1. The molecule has 0 fully saturated rings. The van der Waals surface area contributed by atoms with Gasteiger partial charge >= 0.3 is 12.1 Å². The standard InChI is InChI=1S/C11H10N2O5/c1-2-3-18-11(17)13-9-8(6-14)4-7(5-12-9)10(15)16/h2,4-6H,1,3H2,(H,15,16)(H,12,13,17). The number of carboxylic acid groups (broad SMARTS) is 1. The number of nitrogens with one attached hydrogen (secondary N) is 1. The van der Waals surface area contributed by atoms with E-state index in [9.17, 15) is 14.4 Å². The molecular formula is C11H10N2O5. The second-order valence-electron chi connectivity index (χ2n) is 3.10. The third-order valence-electron chi connectivity index (χ3n) is 1.84. The lowest BCUT2D eigenvalue weighted by atomic mass is 10.2. The van der Waals surface area contributed by atoms with Crippen molar-refractivity contribution in [1.29, 1.82) is 0 Å². The van der Waals surface area contributed by atoms with Gasteiger partial charge in [-0.3, -0.25) is 10.1 Å². The maximum Gasteiger partial charge on any atom is 0.413 e. The van der Waals surface area contributed by atoms with Crippen molar-refractivity contribution in [3.8, 4) is 0 Å². The lowest BCUT2D eigenvalue weighted by molar-refractivity contribution is 0.0696. The zero-order valence-electron chi connectivity index (χ0n) is 9.25. The highest BCUT2D eigenvalue weighted by Crippen LogP contribution is 2.12. The Labute approximate surface area is 102 Å². The average Bonchev–Trinajstić information content (AvgIpc) is 2.36.